The van der Waals surface area contributed by atoms with E-state index < -0.39 is 5.91 Å². The van der Waals surface area contributed by atoms with Gasteiger partial charge in [-0.1, -0.05) is 36.4 Å². The SMILES string of the molecule is COc1ccccc1ON(C(=O)c1cnc(Nc2cccc(C(=O)NCCN(C)C)c2)nc1)c1c(C)cccc1C. The summed E-state index contributed by atoms with van der Waals surface area (Å²) in [7, 11) is 5.44. The van der Waals surface area contributed by atoms with Crippen molar-refractivity contribution in [2.24, 2.45) is 0 Å². The number of rotatable bonds is 11. The predicted molar refractivity (Wildman–Crippen MR) is 159 cm³/mol. The molecule has 1 heterocycles. The van der Waals surface area contributed by atoms with Gasteiger partial charge in [0, 0.05) is 36.7 Å². The zero-order chi connectivity index (χ0) is 29.4. The molecule has 0 radical (unpaired) electrons. The normalized spacial score (nSPS) is 10.7. The van der Waals surface area contributed by atoms with E-state index in [0.29, 0.717) is 35.0 Å². The van der Waals surface area contributed by atoms with Crippen LogP contribution in [0.3, 0.4) is 0 Å². The summed E-state index contributed by atoms with van der Waals surface area (Å²) < 4.78 is 5.43. The van der Waals surface area contributed by atoms with Crippen LogP contribution in [0.2, 0.25) is 0 Å². The van der Waals surface area contributed by atoms with Gasteiger partial charge in [-0.15, -0.1) is 5.06 Å². The van der Waals surface area contributed by atoms with Crippen LogP contribution in [-0.4, -0.2) is 61.0 Å². The molecule has 0 aliphatic heterocycles. The van der Waals surface area contributed by atoms with E-state index in [9.17, 15) is 9.59 Å². The van der Waals surface area contributed by atoms with Crippen LogP contribution >= 0.6 is 0 Å². The first-order valence-corrected chi connectivity index (χ1v) is 13.1. The lowest BCUT2D eigenvalue weighted by atomic mass is 10.1. The van der Waals surface area contributed by atoms with E-state index in [-0.39, 0.29) is 17.4 Å². The van der Waals surface area contributed by atoms with Crippen LogP contribution in [0.4, 0.5) is 17.3 Å². The van der Waals surface area contributed by atoms with Crippen molar-refractivity contribution in [3.8, 4) is 11.5 Å². The number of aromatic nitrogens is 2. The highest BCUT2D eigenvalue weighted by Crippen LogP contribution is 2.32. The molecule has 10 heteroatoms. The first-order valence-electron chi connectivity index (χ1n) is 13.1. The number of carbonyl (C=O) groups is 2. The maximum absolute atomic E-state index is 13.8. The molecule has 1 aromatic heterocycles. The molecule has 4 aromatic rings. The highest BCUT2D eigenvalue weighted by molar-refractivity contribution is 6.05. The Hall–Kier alpha value is -4.96. The average Bonchev–Trinajstić information content (AvgIpc) is 2.96. The van der Waals surface area contributed by atoms with Gasteiger partial charge >= 0.3 is 0 Å². The molecule has 2 amide bonds. The largest absolute Gasteiger partial charge is 0.493 e. The summed E-state index contributed by atoms with van der Waals surface area (Å²) >= 11 is 0. The van der Waals surface area contributed by atoms with Crippen LogP contribution in [0.25, 0.3) is 0 Å². The van der Waals surface area contributed by atoms with Crippen LogP contribution in [0.5, 0.6) is 11.5 Å². The van der Waals surface area contributed by atoms with Gasteiger partial charge in [-0.2, -0.15) is 0 Å². The van der Waals surface area contributed by atoms with Gasteiger partial charge in [0.2, 0.25) is 5.95 Å². The summed E-state index contributed by atoms with van der Waals surface area (Å²) in [5, 5.41) is 7.23. The Morgan fingerprint density at radius 2 is 1.51 bits per heavy atom. The molecule has 0 saturated heterocycles. The highest BCUT2D eigenvalue weighted by atomic mass is 16.7. The van der Waals surface area contributed by atoms with Crippen LogP contribution < -0.4 is 25.3 Å². The molecule has 10 nitrogen and oxygen atoms in total. The quantitative estimate of drug-likeness (QED) is 0.255. The zero-order valence-corrected chi connectivity index (χ0v) is 23.8. The van der Waals surface area contributed by atoms with E-state index in [0.717, 1.165) is 17.7 Å². The van der Waals surface area contributed by atoms with Crippen molar-refractivity contribution in [2.75, 3.05) is 44.7 Å². The number of anilines is 3. The third-order valence-electron chi connectivity index (χ3n) is 6.21. The number of ether oxygens (including phenoxy) is 1. The molecule has 41 heavy (non-hydrogen) atoms. The topological polar surface area (TPSA) is 109 Å². The molecule has 0 fully saturated rings. The lowest BCUT2D eigenvalue weighted by Crippen LogP contribution is -2.35. The molecule has 0 atom stereocenters. The first-order chi connectivity index (χ1) is 19.8. The summed E-state index contributed by atoms with van der Waals surface area (Å²) in [5.74, 6) is 0.531. The average molecular weight is 555 g/mol. The number of amides is 2. The summed E-state index contributed by atoms with van der Waals surface area (Å²) in [5.41, 5.74) is 3.71. The second-order valence-corrected chi connectivity index (χ2v) is 9.64. The molecule has 0 aliphatic rings. The number of methoxy groups -OCH3 is 1. The van der Waals surface area contributed by atoms with Crippen LogP contribution in [0, 0.1) is 13.8 Å². The molecule has 0 bridgehead atoms. The van der Waals surface area contributed by atoms with Crippen LogP contribution in [-0.2, 0) is 0 Å². The van der Waals surface area contributed by atoms with Gasteiger partial charge in [-0.25, -0.2) is 9.97 Å². The Balaban J connectivity index is 1.54. The van der Waals surface area contributed by atoms with Gasteiger partial charge in [0.15, 0.2) is 11.5 Å². The van der Waals surface area contributed by atoms with Crippen molar-refractivity contribution >= 4 is 29.1 Å². The number of aryl methyl sites for hydroxylation is 2. The Kier molecular flexibility index (Phi) is 9.49. The minimum atomic E-state index is -0.448. The van der Waals surface area contributed by atoms with Gasteiger partial charge < -0.3 is 25.1 Å². The zero-order valence-electron chi connectivity index (χ0n) is 23.8. The van der Waals surface area contributed by atoms with Gasteiger partial charge in [0.25, 0.3) is 11.8 Å². The maximum Gasteiger partial charge on any atom is 0.294 e. The summed E-state index contributed by atoms with van der Waals surface area (Å²) in [6.07, 6.45) is 2.86. The second-order valence-electron chi connectivity index (χ2n) is 9.64. The Labute approximate surface area is 239 Å². The van der Waals surface area contributed by atoms with E-state index >= 15 is 0 Å². The minimum absolute atomic E-state index is 0.168. The van der Waals surface area contributed by atoms with Gasteiger partial charge in [-0.3, -0.25) is 9.59 Å². The number of hydroxylamine groups is 1. The summed E-state index contributed by atoms with van der Waals surface area (Å²) in [4.78, 5) is 43.1. The smallest absolute Gasteiger partial charge is 0.294 e. The van der Waals surface area contributed by atoms with Crippen molar-refractivity contribution in [1.82, 2.24) is 20.2 Å². The molecule has 212 valence electrons. The Morgan fingerprint density at radius 1 is 0.854 bits per heavy atom. The molecule has 0 aliphatic carbocycles. The van der Waals surface area contributed by atoms with Crippen molar-refractivity contribution in [3.63, 3.8) is 0 Å². The van der Waals surface area contributed by atoms with E-state index in [4.69, 9.17) is 9.57 Å². The fourth-order valence-corrected chi connectivity index (χ4v) is 4.09. The van der Waals surface area contributed by atoms with Gasteiger partial charge in [0.1, 0.15) is 0 Å². The summed E-state index contributed by atoms with van der Waals surface area (Å²) in [6, 6.07) is 19.9. The number of para-hydroxylation sites is 3. The molecule has 3 aromatic carbocycles. The second kappa shape index (κ2) is 13.4. The molecular weight excluding hydrogens is 520 g/mol. The van der Waals surface area contributed by atoms with Crippen molar-refractivity contribution < 1.29 is 19.2 Å². The molecule has 0 saturated carbocycles. The monoisotopic (exact) mass is 554 g/mol. The molecule has 4 rings (SSSR count). The third kappa shape index (κ3) is 7.37. The van der Waals surface area contributed by atoms with E-state index in [2.05, 4.69) is 20.6 Å². The fourth-order valence-electron chi connectivity index (χ4n) is 4.09. The van der Waals surface area contributed by atoms with E-state index in [1.54, 1.807) is 43.5 Å². The third-order valence-corrected chi connectivity index (χ3v) is 6.21. The van der Waals surface area contributed by atoms with Crippen molar-refractivity contribution in [2.45, 2.75) is 13.8 Å². The fraction of sp³-hybridized carbons (Fsp3) is 0.226. The lowest BCUT2D eigenvalue weighted by molar-refractivity contribution is 0.0875. The highest BCUT2D eigenvalue weighted by Gasteiger charge is 2.25. The number of likely N-dealkylation sites (N-methyl/N-ethyl adjacent to an activating group) is 1. The molecule has 2 N–H and O–H groups in total. The number of carbonyl (C=O) groups excluding carboxylic acids is 2. The predicted octanol–water partition coefficient (Wildman–Crippen LogP) is 4.78. The molecule has 0 unspecified atom stereocenters. The lowest BCUT2D eigenvalue weighted by Gasteiger charge is -2.26. The number of benzene rings is 3. The van der Waals surface area contributed by atoms with Crippen LogP contribution in [0.15, 0.2) is 79.1 Å². The van der Waals surface area contributed by atoms with Gasteiger partial charge in [0.05, 0.1) is 18.4 Å². The minimum Gasteiger partial charge on any atom is -0.493 e. The standard InChI is InChI=1S/C31H34N6O4/c1-21-10-8-11-22(2)28(21)37(41-27-15-7-6-14-26(27)40-5)30(39)24-19-33-31(34-20-24)35-25-13-9-12-23(18-25)29(38)32-16-17-36(3)4/h6-15,18-20H,16-17H2,1-5H3,(H,32,38)(H,33,34,35). The van der Waals surface area contributed by atoms with E-state index in [1.807, 2.05) is 63.2 Å². The Bertz CT molecular complexity index is 1490. The first kappa shape index (κ1) is 29.0. The van der Waals surface area contributed by atoms with Crippen molar-refractivity contribution in [3.05, 3.63) is 101 Å². The van der Waals surface area contributed by atoms with E-state index in [1.165, 1.54) is 17.5 Å². The number of hydrogen-bond acceptors (Lipinski definition) is 8. The number of hydrogen-bond donors (Lipinski definition) is 2. The Morgan fingerprint density at radius 3 is 2.17 bits per heavy atom. The molecule has 0 spiro atoms. The number of nitrogens with zero attached hydrogens (tertiary/aromatic N) is 4. The number of nitrogens with one attached hydrogen (secondary N) is 2. The molecular formula is C31H34N6O4. The summed E-state index contributed by atoms with van der Waals surface area (Å²) in [6.45, 7) is 5.11. The van der Waals surface area contributed by atoms with Crippen molar-refractivity contribution in [1.29, 1.82) is 0 Å². The maximum atomic E-state index is 13.8. The van der Waals surface area contributed by atoms with Gasteiger partial charge in [-0.05, 0) is 69.4 Å². The van der Waals surface area contributed by atoms with Crippen LogP contribution in [0.1, 0.15) is 31.8 Å².